The first kappa shape index (κ1) is 20.5. The zero-order valence-corrected chi connectivity index (χ0v) is 17.3. The maximum Gasteiger partial charge on any atom is 0.211 e. The van der Waals surface area contributed by atoms with E-state index in [0.717, 1.165) is 16.8 Å². The Hall–Kier alpha value is -4.77. The summed E-state index contributed by atoms with van der Waals surface area (Å²) in [5.41, 5.74) is 15.3. The number of pyridine rings is 1. The fourth-order valence-electron chi connectivity index (χ4n) is 3.43. The minimum Gasteiger partial charge on any atom is -0.489 e. The van der Waals surface area contributed by atoms with Crippen LogP contribution in [0.5, 0.6) is 5.75 Å². The molecule has 0 amide bonds. The molecule has 1 aliphatic rings. The van der Waals surface area contributed by atoms with Crippen molar-refractivity contribution in [1.82, 2.24) is 15.5 Å². The number of guanidine groups is 1. The van der Waals surface area contributed by atoms with Crippen molar-refractivity contribution in [2.45, 2.75) is 26.5 Å². The second-order valence-corrected chi connectivity index (χ2v) is 7.06. The zero-order chi connectivity index (χ0) is 22.8. The number of aromatic nitrogens is 2. The molecule has 3 aromatic rings. The molecule has 11 nitrogen and oxygen atoms in total. The van der Waals surface area contributed by atoms with Crippen LogP contribution in [0.15, 0.2) is 33.8 Å². The van der Waals surface area contributed by atoms with Gasteiger partial charge in [-0.05, 0) is 31.5 Å². The van der Waals surface area contributed by atoms with Gasteiger partial charge in [0.15, 0.2) is 6.19 Å². The van der Waals surface area contributed by atoms with Gasteiger partial charge < -0.3 is 26.0 Å². The number of aryl methyl sites for hydroxylation is 2. The number of nitriles is 2. The molecule has 6 N–H and O–H groups in total. The van der Waals surface area contributed by atoms with Gasteiger partial charge in [-0.1, -0.05) is 17.3 Å². The van der Waals surface area contributed by atoms with Crippen molar-refractivity contribution < 1.29 is 9.26 Å². The number of fused-ring (bicyclic) bond motifs is 1. The Morgan fingerprint density at radius 3 is 2.59 bits per heavy atom. The molecule has 0 spiro atoms. The lowest BCUT2D eigenvalue weighted by atomic mass is 9.95. The number of nitrogens with one attached hydrogen (secondary N) is 2. The zero-order valence-electron chi connectivity index (χ0n) is 17.3. The van der Waals surface area contributed by atoms with E-state index in [0.29, 0.717) is 29.5 Å². The summed E-state index contributed by atoms with van der Waals surface area (Å²) in [5, 5.41) is 27.7. The van der Waals surface area contributed by atoms with Gasteiger partial charge in [0, 0.05) is 5.56 Å². The Morgan fingerprint density at radius 2 is 1.97 bits per heavy atom. The summed E-state index contributed by atoms with van der Waals surface area (Å²) in [7, 11) is 0. The van der Waals surface area contributed by atoms with E-state index in [-0.39, 0.29) is 23.0 Å². The molecule has 160 valence electrons. The first-order chi connectivity index (χ1) is 15.4. The van der Waals surface area contributed by atoms with E-state index in [1.807, 2.05) is 38.2 Å². The molecular weight excluding hydrogens is 410 g/mol. The van der Waals surface area contributed by atoms with Gasteiger partial charge in [-0.2, -0.15) is 10.5 Å². The van der Waals surface area contributed by atoms with Gasteiger partial charge in [0.1, 0.15) is 47.4 Å². The highest BCUT2D eigenvalue weighted by molar-refractivity contribution is 5.98. The van der Waals surface area contributed by atoms with Crippen molar-refractivity contribution in [3.63, 3.8) is 0 Å². The van der Waals surface area contributed by atoms with Crippen molar-refractivity contribution in [2.75, 3.05) is 16.8 Å². The molecule has 1 unspecified atom stereocenters. The van der Waals surface area contributed by atoms with E-state index in [4.69, 9.17) is 26.0 Å². The molecule has 2 aromatic heterocycles. The first-order valence-electron chi connectivity index (χ1n) is 9.56. The van der Waals surface area contributed by atoms with Crippen molar-refractivity contribution in [3.05, 3.63) is 58.0 Å². The standard InChI is InChI=1S/C21H19N9O2/c1-10-15(11(2)32-30-10)8-31-13-5-3-12(4-6-13)18-16-17(24)14(7-22)19(25)28-20(16)29-21(27-18)26-9-23/h3-6,18H,8H2,1-2H3,(H6,24,25,26,27,28,29). The Balaban J connectivity index is 1.67. The van der Waals surface area contributed by atoms with Gasteiger partial charge in [-0.15, -0.1) is 0 Å². The summed E-state index contributed by atoms with van der Waals surface area (Å²) in [6, 6.07) is 8.63. The summed E-state index contributed by atoms with van der Waals surface area (Å²) in [6.45, 7) is 4.02. The molecule has 1 aliphatic heterocycles. The number of benzene rings is 1. The average molecular weight is 429 g/mol. The molecule has 0 saturated carbocycles. The number of nitrogens with two attached hydrogens (primary N) is 2. The molecule has 32 heavy (non-hydrogen) atoms. The Labute approximate surface area is 183 Å². The fraction of sp³-hybridized carbons (Fsp3) is 0.190. The summed E-state index contributed by atoms with van der Waals surface area (Å²) in [6.07, 6.45) is 1.82. The molecule has 11 heteroatoms. The average Bonchev–Trinajstić information content (AvgIpc) is 3.09. The predicted octanol–water partition coefficient (Wildman–Crippen LogP) is 2.24. The maximum atomic E-state index is 9.42. The number of hydrogen-bond donors (Lipinski definition) is 4. The van der Waals surface area contributed by atoms with E-state index in [1.54, 1.807) is 12.1 Å². The van der Waals surface area contributed by atoms with Crippen molar-refractivity contribution in [3.8, 4) is 18.0 Å². The van der Waals surface area contributed by atoms with Gasteiger partial charge in [-0.3, -0.25) is 5.32 Å². The highest BCUT2D eigenvalue weighted by Crippen LogP contribution is 2.40. The third-order valence-electron chi connectivity index (χ3n) is 5.12. The van der Waals surface area contributed by atoms with E-state index in [9.17, 15) is 5.26 Å². The fourth-order valence-corrected chi connectivity index (χ4v) is 3.43. The number of rotatable bonds is 4. The minimum absolute atomic E-state index is 0.00345. The van der Waals surface area contributed by atoms with Gasteiger partial charge in [0.25, 0.3) is 0 Å². The lowest BCUT2D eigenvalue weighted by molar-refractivity contribution is 0.301. The number of nitrogen functional groups attached to an aromatic ring is 2. The van der Waals surface area contributed by atoms with E-state index < -0.39 is 6.04 Å². The van der Waals surface area contributed by atoms with Crippen molar-refractivity contribution in [2.24, 2.45) is 4.99 Å². The lowest BCUT2D eigenvalue weighted by Crippen LogP contribution is -2.32. The largest absolute Gasteiger partial charge is 0.489 e. The summed E-state index contributed by atoms with van der Waals surface area (Å²) in [5.74, 6) is 1.88. The van der Waals surface area contributed by atoms with Crippen molar-refractivity contribution in [1.29, 1.82) is 10.5 Å². The quantitative estimate of drug-likeness (QED) is 0.354. The number of nitrogens with zero attached hydrogens (tertiary/aromatic N) is 5. The van der Waals surface area contributed by atoms with Crippen LogP contribution in [0.1, 0.15) is 39.7 Å². The third kappa shape index (κ3) is 3.59. The van der Waals surface area contributed by atoms with E-state index in [1.165, 1.54) is 0 Å². The summed E-state index contributed by atoms with van der Waals surface area (Å²) in [4.78, 5) is 8.77. The van der Waals surface area contributed by atoms with Crippen LogP contribution >= 0.6 is 0 Å². The van der Waals surface area contributed by atoms with Gasteiger partial charge in [0.05, 0.1) is 16.9 Å². The molecule has 0 radical (unpaired) electrons. The molecule has 3 heterocycles. The summed E-state index contributed by atoms with van der Waals surface area (Å²) >= 11 is 0. The Morgan fingerprint density at radius 1 is 1.22 bits per heavy atom. The SMILES string of the molecule is Cc1noc(C)c1COc1ccc(C2N=C(NC#N)Nc3nc(N)c(C#N)c(N)c32)cc1. The predicted molar refractivity (Wildman–Crippen MR) is 116 cm³/mol. The topological polar surface area (TPSA) is 184 Å². The molecule has 1 atom stereocenters. The molecule has 1 aromatic carbocycles. The van der Waals surface area contributed by atoms with Crippen LogP contribution in [0.2, 0.25) is 0 Å². The number of anilines is 3. The van der Waals surface area contributed by atoms with Gasteiger partial charge in [-0.25, -0.2) is 9.98 Å². The molecule has 0 aliphatic carbocycles. The van der Waals surface area contributed by atoms with Crippen LogP contribution in [-0.2, 0) is 6.61 Å². The Kier molecular flexibility index (Phi) is 5.23. The summed E-state index contributed by atoms with van der Waals surface area (Å²) < 4.78 is 11.0. The van der Waals surface area contributed by atoms with Crippen LogP contribution < -0.4 is 26.8 Å². The molecule has 0 bridgehead atoms. The smallest absolute Gasteiger partial charge is 0.211 e. The number of hydrogen-bond acceptors (Lipinski definition) is 11. The van der Waals surface area contributed by atoms with Crippen LogP contribution in [0.3, 0.4) is 0 Å². The van der Waals surface area contributed by atoms with Crippen LogP contribution in [0, 0.1) is 36.6 Å². The second-order valence-electron chi connectivity index (χ2n) is 7.06. The molecule has 0 fully saturated rings. The van der Waals surface area contributed by atoms with Gasteiger partial charge in [0.2, 0.25) is 5.96 Å². The van der Waals surface area contributed by atoms with Crippen LogP contribution in [0.25, 0.3) is 0 Å². The highest BCUT2D eigenvalue weighted by atomic mass is 16.5. The Bertz CT molecular complexity index is 1280. The third-order valence-corrected chi connectivity index (χ3v) is 5.12. The van der Waals surface area contributed by atoms with E-state index in [2.05, 4.69) is 25.8 Å². The van der Waals surface area contributed by atoms with Crippen LogP contribution in [0.4, 0.5) is 17.3 Å². The van der Waals surface area contributed by atoms with Gasteiger partial charge >= 0.3 is 0 Å². The minimum atomic E-state index is -0.612. The molecule has 4 rings (SSSR count). The number of ether oxygens (including phenoxy) is 1. The monoisotopic (exact) mass is 429 g/mol. The van der Waals surface area contributed by atoms with Crippen LogP contribution in [-0.4, -0.2) is 16.1 Å². The van der Waals surface area contributed by atoms with Crippen molar-refractivity contribution >= 4 is 23.3 Å². The van der Waals surface area contributed by atoms with E-state index >= 15 is 0 Å². The normalized spacial score (nSPS) is 14.4. The highest BCUT2D eigenvalue weighted by Gasteiger charge is 2.29. The second kappa shape index (κ2) is 8.16. The molecule has 0 saturated heterocycles. The first-order valence-corrected chi connectivity index (χ1v) is 9.56. The maximum absolute atomic E-state index is 9.42. The molecular formula is C21H19N9O2. The number of aliphatic imine (C=N–C) groups is 1. The lowest BCUT2D eigenvalue weighted by Gasteiger charge is -2.26.